The molecule has 0 N–H and O–H groups in total. The fraction of sp³-hybridized carbons (Fsp3) is 0.286. The number of nitrogens with zero attached hydrogens (tertiary/aromatic N) is 2. The fourth-order valence-corrected chi connectivity index (χ4v) is 1.37. The van der Waals surface area contributed by atoms with Gasteiger partial charge in [-0.3, -0.25) is 0 Å². The number of hydrogen-bond donors (Lipinski definition) is 0. The summed E-state index contributed by atoms with van der Waals surface area (Å²) in [5.74, 6) is -1.17. The molecule has 0 atom stereocenters. The Kier molecular flexibility index (Phi) is 3.51. The highest BCUT2D eigenvalue weighted by Crippen LogP contribution is 2.41. The smallest absolute Gasteiger partial charge is 0.358 e. The minimum atomic E-state index is -5.16. The average Bonchev–Trinajstić information content (AvgIpc) is 2.13. The quantitative estimate of drug-likeness (QED) is 0.359. The number of nitro groups is 1. The van der Waals surface area contributed by atoms with Gasteiger partial charge >= 0.3 is 12.0 Å². The van der Waals surface area contributed by atoms with Crippen molar-refractivity contribution < 1.29 is 26.9 Å². The Bertz CT molecular complexity index is 462. The van der Waals surface area contributed by atoms with Crippen molar-refractivity contribution in [3.63, 3.8) is 0 Å². The van der Waals surface area contributed by atoms with E-state index in [1.807, 2.05) is 0 Å². The van der Waals surface area contributed by atoms with E-state index in [-0.39, 0.29) is 6.07 Å². The summed E-state index contributed by atoms with van der Waals surface area (Å²) in [5.41, 5.74) is -3.43. The Labute approximate surface area is 95.2 Å². The first-order valence-corrected chi connectivity index (χ1v) is 4.22. The molecular weight excluding hydrogens is 275 g/mol. The fourth-order valence-electron chi connectivity index (χ4n) is 1.07. The molecule has 0 fully saturated rings. The number of hydrogen-bond acceptors (Lipinski definition) is 3. The predicted molar refractivity (Wildman–Crippen MR) is 45.9 cm³/mol. The van der Waals surface area contributed by atoms with Crippen LogP contribution >= 0.6 is 11.6 Å². The first-order valence-electron chi connectivity index (χ1n) is 3.84. The Morgan fingerprint density at radius 3 is 2.29 bits per heavy atom. The molecule has 0 saturated heterocycles. The first-order chi connectivity index (χ1) is 7.64. The SMILES string of the molecule is O=[N+]([O-])c1cc(C(F)F)c(C(F)(F)F)c(Cl)n1. The van der Waals surface area contributed by atoms with E-state index in [1.165, 1.54) is 0 Å². The Morgan fingerprint density at radius 1 is 1.41 bits per heavy atom. The van der Waals surface area contributed by atoms with Crippen LogP contribution in [0.15, 0.2) is 6.07 Å². The van der Waals surface area contributed by atoms with Crippen LogP contribution in [-0.2, 0) is 6.18 Å². The molecule has 4 nitrogen and oxygen atoms in total. The van der Waals surface area contributed by atoms with E-state index in [1.54, 1.807) is 0 Å². The molecule has 94 valence electrons. The van der Waals surface area contributed by atoms with E-state index in [0.29, 0.717) is 0 Å². The van der Waals surface area contributed by atoms with E-state index in [9.17, 15) is 32.1 Å². The summed E-state index contributed by atoms with van der Waals surface area (Å²) in [4.78, 5) is 11.8. The molecule has 1 aromatic rings. The third-order valence-corrected chi connectivity index (χ3v) is 1.97. The van der Waals surface area contributed by atoms with Gasteiger partial charge in [-0.05, 0) is 21.5 Å². The molecule has 0 unspecified atom stereocenters. The van der Waals surface area contributed by atoms with Crippen molar-refractivity contribution >= 4 is 17.4 Å². The summed E-state index contributed by atoms with van der Waals surface area (Å²) in [6, 6.07) is 0.0549. The predicted octanol–water partition coefficient (Wildman–Crippen LogP) is 3.60. The second kappa shape index (κ2) is 4.40. The first kappa shape index (κ1) is 13.6. The molecule has 0 spiro atoms. The van der Waals surface area contributed by atoms with Crippen LogP contribution in [0, 0.1) is 10.1 Å². The molecular formula is C7H2ClF5N2O2. The summed E-state index contributed by atoms with van der Waals surface area (Å²) in [7, 11) is 0. The van der Waals surface area contributed by atoms with Crippen molar-refractivity contribution in [2.24, 2.45) is 0 Å². The van der Waals surface area contributed by atoms with Gasteiger partial charge < -0.3 is 10.1 Å². The van der Waals surface area contributed by atoms with Gasteiger partial charge in [-0.15, -0.1) is 0 Å². The van der Waals surface area contributed by atoms with Crippen LogP contribution < -0.4 is 0 Å². The zero-order chi connectivity index (χ0) is 13.4. The molecule has 10 heteroatoms. The second-order valence-corrected chi connectivity index (χ2v) is 3.15. The lowest BCUT2D eigenvalue weighted by Gasteiger charge is -2.11. The van der Waals surface area contributed by atoms with Crippen LogP contribution in [0.25, 0.3) is 0 Å². The molecule has 0 saturated carbocycles. The third kappa shape index (κ3) is 2.78. The van der Waals surface area contributed by atoms with Crippen molar-refractivity contribution in [2.45, 2.75) is 12.6 Å². The standard InChI is InChI=1S/C7H2ClF5N2O2/c8-5-4(7(11,12)13)2(6(9)10)1-3(14-5)15(16)17/h1,6H. The zero-order valence-electron chi connectivity index (χ0n) is 7.63. The molecule has 0 aliphatic rings. The molecule has 17 heavy (non-hydrogen) atoms. The molecule has 1 heterocycles. The molecule has 0 radical (unpaired) electrons. The Morgan fingerprint density at radius 2 is 1.94 bits per heavy atom. The van der Waals surface area contributed by atoms with Gasteiger partial charge in [0.2, 0.25) is 0 Å². The van der Waals surface area contributed by atoms with Gasteiger partial charge in [-0.1, -0.05) is 0 Å². The Hall–Kier alpha value is -1.51. The van der Waals surface area contributed by atoms with Gasteiger partial charge in [0.05, 0.1) is 0 Å². The van der Waals surface area contributed by atoms with E-state index in [0.717, 1.165) is 0 Å². The number of aromatic nitrogens is 1. The van der Waals surface area contributed by atoms with E-state index >= 15 is 0 Å². The molecule has 0 amide bonds. The molecule has 1 aromatic heterocycles. The number of alkyl halides is 5. The van der Waals surface area contributed by atoms with Gasteiger partial charge in [0.25, 0.3) is 11.6 Å². The van der Waals surface area contributed by atoms with Crippen molar-refractivity contribution in [2.75, 3.05) is 0 Å². The van der Waals surface area contributed by atoms with Gasteiger partial charge in [-0.25, -0.2) is 8.78 Å². The largest absolute Gasteiger partial charge is 0.422 e. The number of halogens is 6. The molecule has 0 aliphatic carbocycles. The highest BCUT2D eigenvalue weighted by atomic mass is 35.5. The second-order valence-electron chi connectivity index (χ2n) is 2.79. The summed E-state index contributed by atoms with van der Waals surface area (Å²) < 4.78 is 61.9. The highest BCUT2D eigenvalue weighted by molar-refractivity contribution is 6.30. The van der Waals surface area contributed by atoms with Crippen LogP contribution in [0.1, 0.15) is 17.6 Å². The van der Waals surface area contributed by atoms with Gasteiger partial charge in [-0.2, -0.15) is 13.2 Å². The minimum absolute atomic E-state index is 0.0549. The lowest BCUT2D eigenvalue weighted by molar-refractivity contribution is -0.389. The van der Waals surface area contributed by atoms with Crippen LogP contribution in [0.2, 0.25) is 5.15 Å². The maximum atomic E-state index is 12.4. The normalized spacial score (nSPS) is 11.9. The van der Waals surface area contributed by atoms with Crippen molar-refractivity contribution in [1.82, 2.24) is 4.98 Å². The number of rotatable bonds is 2. The molecule has 0 bridgehead atoms. The zero-order valence-corrected chi connectivity index (χ0v) is 8.39. The number of pyridine rings is 1. The van der Waals surface area contributed by atoms with E-state index < -0.39 is 39.6 Å². The van der Waals surface area contributed by atoms with Gasteiger partial charge in [0, 0.05) is 11.6 Å². The van der Waals surface area contributed by atoms with Crippen molar-refractivity contribution in [3.05, 3.63) is 32.5 Å². The maximum Gasteiger partial charge on any atom is 0.422 e. The van der Waals surface area contributed by atoms with Crippen LogP contribution in [0.4, 0.5) is 27.8 Å². The summed E-state index contributed by atoms with van der Waals surface area (Å²) in [6.45, 7) is 0. The Balaban J connectivity index is 3.55. The molecule has 0 aromatic carbocycles. The maximum absolute atomic E-state index is 12.4. The van der Waals surface area contributed by atoms with E-state index in [4.69, 9.17) is 11.6 Å². The molecule has 1 rings (SSSR count). The minimum Gasteiger partial charge on any atom is -0.358 e. The summed E-state index contributed by atoms with van der Waals surface area (Å²) >= 11 is 5.04. The van der Waals surface area contributed by atoms with Crippen molar-refractivity contribution in [3.8, 4) is 0 Å². The third-order valence-electron chi connectivity index (χ3n) is 1.70. The lowest BCUT2D eigenvalue weighted by atomic mass is 10.1. The average molecular weight is 277 g/mol. The van der Waals surface area contributed by atoms with Crippen molar-refractivity contribution in [1.29, 1.82) is 0 Å². The monoisotopic (exact) mass is 276 g/mol. The lowest BCUT2D eigenvalue weighted by Crippen LogP contribution is -2.12. The van der Waals surface area contributed by atoms with Crippen LogP contribution in [0.3, 0.4) is 0 Å². The van der Waals surface area contributed by atoms with Gasteiger partial charge in [0.1, 0.15) is 5.56 Å². The van der Waals surface area contributed by atoms with E-state index in [2.05, 4.69) is 4.98 Å². The summed E-state index contributed by atoms with van der Waals surface area (Å²) in [6.07, 6.45) is -8.71. The van der Waals surface area contributed by atoms with Crippen LogP contribution in [-0.4, -0.2) is 9.91 Å². The van der Waals surface area contributed by atoms with Gasteiger partial charge in [0.15, 0.2) is 0 Å². The highest BCUT2D eigenvalue weighted by Gasteiger charge is 2.42. The molecule has 0 aliphatic heterocycles. The topological polar surface area (TPSA) is 56.0 Å². The summed E-state index contributed by atoms with van der Waals surface area (Å²) in [5, 5.41) is 8.87. The van der Waals surface area contributed by atoms with Crippen LogP contribution in [0.5, 0.6) is 0 Å².